The summed E-state index contributed by atoms with van der Waals surface area (Å²) in [5.41, 5.74) is 7.35. The fourth-order valence-electron chi connectivity index (χ4n) is 1.66. The van der Waals surface area contributed by atoms with Crippen molar-refractivity contribution in [2.24, 2.45) is 0 Å². The molecule has 1 aromatic carbocycles. The van der Waals surface area contributed by atoms with Gasteiger partial charge in [-0.25, -0.2) is 4.98 Å². The van der Waals surface area contributed by atoms with E-state index in [1.807, 2.05) is 6.92 Å². The van der Waals surface area contributed by atoms with Crippen molar-refractivity contribution in [2.75, 3.05) is 5.73 Å². The molecular weight excluding hydrogens is 271 g/mol. The number of ketones is 1. The highest BCUT2D eigenvalue weighted by molar-refractivity contribution is 6.42. The SMILES string of the molecule is Cc1ccnc(N)c1C(=O)c1ccc(Cl)c(Cl)c1. The fraction of sp³-hybridized carbons (Fsp3) is 0.0769. The lowest BCUT2D eigenvalue weighted by Gasteiger charge is -2.08. The molecule has 2 aromatic rings. The Morgan fingerprint density at radius 2 is 1.94 bits per heavy atom. The van der Waals surface area contributed by atoms with Gasteiger partial charge in [-0.1, -0.05) is 23.2 Å². The van der Waals surface area contributed by atoms with Crippen LogP contribution in [0.15, 0.2) is 30.5 Å². The minimum Gasteiger partial charge on any atom is -0.383 e. The Morgan fingerprint density at radius 1 is 1.22 bits per heavy atom. The third-order valence-electron chi connectivity index (χ3n) is 2.60. The molecule has 0 aliphatic rings. The Balaban J connectivity index is 2.51. The summed E-state index contributed by atoms with van der Waals surface area (Å²) in [6.45, 7) is 1.81. The summed E-state index contributed by atoms with van der Waals surface area (Å²) in [6.07, 6.45) is 1.57. The standard InChI is InChI=1S/C13H10Cl2N2O/c1-7-4-5-17-13(16)11(7)12(18)8-2-3-9(14)10(15)6-8/h2-6H,1H3,(H2,16,17). The summed E-state index contributed by atoms with van der Waals surface area (Å²) in [4.78, 5) is 16.3. The maximum Gasteiger partial charge on any atom is 0.197 e. The predicted octanol–water partition coefficient (Wildman–Crippen LogP) is 3.51. The van der Waals surface area contributed by atoms with Crippen molar-refractivity contribution in [2.45, 2.75) is 6.92 Å². The molecule has 92 valence electrons. The molecule has 0 amide bonds. The van der Waals surface area contributed by atoms with E-state index in [2.05, 4.69) is 4.98 Å². The highest BCUT2D eigenvalue weighted by Gasteiger charge is 2.16. The van der Waals surface area contributed by atoms with Gasteiger partial charge in [0.25, 0.3) is 0 Å². The number of hydrogen-bond acceptors (Lipinski definition) is 3. The summed E-state index contributed by atoms with van der Waals surface area (Å²) in [5, 5.41) is 0.742. The quantitative estimate of drug-likeness (QED) is 0.857. The van der Waals surface area contributed by atoms with Gasteiger partial charge in [-0.2, -0.15) is 0 Å². The molecule has 5 heteroatoms. The second-order valence-electron chi connectivity index (χ2n) is 3.85. The summed E-state index contributed by atoms with van der Waals surface area (Å²) in [5.74, 6) is 0.00254. The van der Waals surface area contributed by atoms with Gasteiger partial charge >= 0.3 is 0 Å². The van der Waals surface area contributed by atoms with E-state index in [4.69, 9.17) is 28.9 Å². The number of pyridine rings is 1. The number of aryl methyl sites for hydroxylation is 1. The van der Waals surface area contributed by atoms with Crippen molar-refractivity contribution in [3.8, 4) is 0 Å². The molecule has 1 heterocycles. The zero-order valence-electron chi connectivity index (χ0n) is 9.58. The minimum atomic E-state index is -0.211. The topological polar surface area (TPSA) is 56.0 Å². The van der Waals surface area contributed by atoms with Gasteiger partial charge in [-0.3, -0.25) is 4.79 Å². The first-order valence-corrected chi connectivity index (χ1v) is 5.97. The van der Waals surface area contributed by atoms with E-state index in [-0.39, 0.29) is 11.6 Å². The highest BCUT2D eigenvalue weighted by Crippen LogP contribution is 2.25. The van der Waals surface area contributed by atoms with Crippen LogP contribution in [0.4, 0.5) is 5.82 Å². The van der Waals surface area contributed by atoms with Gasteiger partial charge in [-0.15, -0.1) is 0 Å². The molecule has 2 rings (SSSR count). The molecule has 0 saturated heterocycles. The van der Waals surface area contributed by atoms with Crippen molar-refractivity contribution in [1.82, 2.24) is 4.98 Å². The first-order chi connectivity index (χ1) is 8.50. The number of benzene rings is 1. The van der Waals surface area contributed by atoms with Crippen LogP contribution >= 0.6 is 23.2 Å². The maximum absolute atomic E-state index is 12.3. The minimum absolute atomic E-state index is 0.211. The monoisotopic (exact) mass is 280 g/mol. The number of nitrogen functional groups attached to an aromatic ring is 1. The van der Waals surface area contributed by atoms with Crippen LogP contribution < -0.4 is 5.73 Å². The van der Waals surface area contributed by atoms with Crippen LogP contribution in [0.5, 0.6) is 0 Å². The van der Waals surface area contributed by atoms with E-state index in [0.717, 1.165) is 5.56 Å². The normalized spacial score (nSPS) is 10.4. The lowest BCUT2D eigenvalue weighted by molar-refractivity contribution is 0.103. The van der Waals surface area contributed by atoms with E-state index in [1.165, 1.54) is 6.07 Å². The van der Waals surface area contributed by atoms with Crippen molar-refractivity contribution in [3.63, 3.8) is 0 Å². The van der Waals surface area contributed by atoms with Gasteiger partial charge in [-0.05, 0) is 36.8 Å². The van der Waals surface area contributed by atoms with Crippen LogP contribution in [-0.4, -0.2) is 10.8 Å². The summed E-state index contributed by atoms with van der Waals surface area (Å²) in [7, 11) is 0. The van der Waals surface area contributed by atoms with Crippen LogP contribution in [0.2, 0.25) is 10.0 Å². The molecule has 0 radical (unpaired) electrons. The molecule has 0 aliphatic carbocycles. The van der Waals surface area contributed by atoms with Gasteiger partial charge in [0, 0.05) is 11.8 Å². The Labute approximate surface area is 115 Å². The number of nitrogens with zero attached hydrogens (tertiary/aromatic N) is 1. The van der Waals surface area contributed by atoms with Crippen LogP contribution in [0.3, 0.4) is 0 Å². The molecular formula is C13H10Cl2N2O. The Kier molecular flexibility index (Phi) is 3.55. The van der Waals surface area contributed by atoms with Crippen molar-refractivity contribution in [1.29, 1.82) is 0 Å². The van der Waals surface area contributed by atoms with Gasteiger partial charge in [0.15, 0.2) is 5.78 Å². The second kappa shape index (κ2) is 4.96. The number of rotatable bonds is 2. The number of carbonyl (C=O) groups excluding carboxylic acids is 1. The highest BCUT2D eigenvalue weighted by atomic mass is 35.5. The van der Waals surface area contributed by atoms with Gasteiger partial charge in [0.05, 0.1) is 15.6 Å². The van der Waals surface area contributed by atoms with E-state index >= 15 is 0 Å². The smallest absolute Gasteiger partial charge is 0.197 e. The van der Waals surface area contributed by atoms with E-state index < -0.39 is 0 Å². The van der Waals surface area contributed by atoms with Crippen LogP contribution in [0.1, 0.15) is 21.5 Å². The number of hydrogen-bond donors (Lipinski definition) is 1. The maximum atomic E-state index is 12.3. The molecule has 2 N–H and O–H groups in total. The average molecular weight is 281 g/mol. The Hall–Kier alpha value is -1.58. The van der Waals surface area contributed by atoms with Crippen molar-refractivity contribution < 1.29 is 4.79 Å². The average Bonchev–Trinajstić information content (AvgIpc) is 2.32. The summed E-state index contributed by atoms with van der Waals surface area (Å²) >= 11 is 11.7. The number of carbonyl (C=O) groups is 1. The molecule has 0 bridgehead atoms. The fourth-order valence-corrected chi connectivity index (χ4v) is 1.95. The van der Waals surface area contributed by atoms with Crippen LogP contribution in [0, 0.1) is 6.92 Å². The zero-order valence-corrected chi connectivity index (χ0v) is 11.1. The second-order valence-corrected chi connectivity index (χ2v) is 4.66. The van der Waals surface area contributed by atoms with Crippen molar-refractivity contribution >= 4 is 34.8 Å². The third kappa shape index (κ3) is 2.33. The lowest BCUT2D eigenvalue weighted by atomic mass is 10.0. The van der Waals surface area contributed by atoms with Crippen LogP contribution in [0.25, 0.3) is 0 Å². The van der Waals surface area contributed by atoms with E-state index in [1.54, 1.807) is 24.4 Å². The lowest BCUT2D eigenvalue weighted by Crippen LogP contribution is -2.09. The molecule has 3 nitrogen and oxygen atoms in total. The Bertz CT molecular complexity index is 606. The number of aromatic nitrogens is 1. The number of anilines is 1. The van der Waals surface area contributed by atoms with Gasteiger partial charge in [0.2, 0.25) is 0 Å². The molecule has 18 heavy (non-hydrogen) atoms. The third-order valence-corrected chi connectivity index (χ3v) is 3.34. The Morgan fingerprint density at radius 3 is 2.56 bits per heavy atom. The zero-order chi connectivity index (χ0) is 13.3. The van der Waals surface area contributed by atoms with Gasteiger partial charge in [0.1, 0.15) is 5.82 Å². The first-order valence-electron chi connectivity index (χ1n) is 5.21. The molecule has 0 unspecified atom stereocenters. The van der Waals surface area contributed by atoms with Crippen LogP contribution in [-0.2, 0) is 0 Å². The largest absolute Gasteiger partial charge is 0.383 e. The molecule has 0 atom stereocenters. The predicted molar refractivity (Wildman–Crippen MR) is 73.3 cm³/mol. The van der Waals surface area contributed by atoms with E-state index in [9.17, 15) is 4.79 Å². The van der Waals surface area contributed by atoms with Crippen molar-refractivity contribution in [3.05, 3.63) is 57.2 Å². The molecule has 0 aliphatic heterocycles. The van der Waals surface area contributed by atoms with Gasteiger partial charge < -0.3 is 5.73 Å². The molecule has 0 spiro atoms. The summed E-state index contributed by atoms with van der Waals surface area (Å²) < 4.78 is 0. The molecule has 0 saturated carbocycles. The molecule has 0 fully saturated rings. The molecule has 1 aromatic heterocycles. The first kappa shape index (κ1) is 12.9. The summed E-state index contributed by atoms with van der Waals surface area (Å²) in [6, 6.07) is 6.46. The number of halogens is 2. The number of nitrogens with two attached hydrogens (primary N) is 1. The van der Waals surface area contributed by atoms with E-state index in [0.29, 0.717) is 21.2 Å².